The fourth-order valence-corrected chi connectivity index (χ4v) is 3.34. The van der Waals surface area contributed by atoms with E-state index in [9.17, 15) is 19.2 Å². The Morgan fingerprint density at radius 2 is 1.46 bits per heavy atom. The van der Waals surface area contributed by atoms with Crippen LogP contribution >= 0.6 is 0 Å². The number of pyridine rings is 2. The SMILES string of the molecule is C=CCc1ccc(OC(=O)CCCNC(=O)c2cccnc2)c(OC)c1.O=C(O)CCCNC(=O)c1cccnc1. The van der Waals surface area contributed by atoms with Crippen molar-refractivity contribution >= 4 is 23.8 Å². The Kier molecular flexibility index (Phi) is 14.3. The first-order valence-electron chi connectivity index (χ1n) is 12.9. The number of aromatic nitrogens is 2. The third-order valence-corrected chi connectivity index (χ3v) is 5.38. The lowest BCUT2D eigenvalue weighted by molar-refractivity contribution is -0.137. The number of carbonyl (C=O) groups excluding carboxylic acids is 3. The van der Waals surface area contributed by atoms with Crippen molar-refractivity contribution in [2.24, 2.45) is 0 Å². The predicted molar refractivity (Wildman–Crippen MR) is 152 cm³/mol. The van der Waals surface area contributed by atoms with Crippen molar-refractivity contribution in [1.29, 1.82) is 0 Å². The first-order chi connectivity index (χ1) is 19.8. The maximum atomic E-state index is 12.0. The third kappa shape index (κ3) is 12.6. The van der Waals surface area contributed by atoms with Gasteiger partial charge in [0.25, 0.3) is 11.8 Å². The van der Waals surface area contributed by atoms with E-state index in [2.05, 4.69) is 27.2 Å². The zero-order valence-corrected chi connectivity index (χ0v) is 22.9. The van der Waals surface area contributed by atoms with Crippen molar-refractivity contribution in [3.8, 4) is 11.5 Å². The van der Waals surface area contributed by atoms with Gasteiger partial charge >= 0.3 is 11.9 Å². The fourth-order valence-electron chi connectivity index (χ4n) is 3.34. The molecule has 0 aliphatic carbocycles. The van der Waals surface area contributed by atoms with E-state index < -0.39 is 5.97 Å². The zero-order valence-electron chi connectivity index (χ0n) is 22.9. The van der Waals surface area contributed by atoms with Gasteiger partial charge in [0.05, 0.1) is 18.2 Å². The largest absolute Gasteiger partial charge is 0.493 e. The van der Waals surface area contributed by atoms with Gasteiger partial charge in [-0.15, -0.1) is 6.58 Å². The second kappa shape index (κ2) is 18.3. The molecule has 0 unspecified atom stereocenters. The van der Waals surface area contributed by atoms with E-state index in [-0.39, 0.29) is 30.6 Å². The molecule has 216 valence electrons. The standard InChI is InChI=1S/C20H22N2O4.C10H12N2O3/c1-3-6-15-9-10-17(18(13-15)25-2)26-19(23)8-5-12-22-20(24)16-7-4-11-21-14-16;13-9(14)4-2-6-12-10(15)8-3-1-5-11-7-8/h3-4,7,9-11,13-14H,1,5-6,8,12H2,2H3,(H,22,24);1,3,5,7H,2,4,6H2,(H,12,15)(H,13,14). The molecule has 0 saturated carbocycles. The smallest absolute Gasteiger partial charge is 0.311 e. The van der Waals surface area contributed by atoms with Gasteiger partial charge in [0, 0.05) is 50.7 Å². The van der Waals surface area contributed by atoms with E-state index in [1.165, 1.54) is 19.5 Å². The summed E-state index contributed by atoms with van der Waals surface area (Å²) in [5.41, 5.74) is 1.99. The molecule has 2 amide bonds. The van der Waals surface area contributed by atoms with Crippen molar-refractivity contribution in [3.05, 3.63) is 96.6 Å². The molecular weight excluding hydrogens is 528 g/mol. The average molecular weight is 563 g/mol. The van der Waals surface area contributed by atoms with E-state index in [0.717, 1.165) is 5.56 Å². The first-order valence-corrected chi connectivity index (χ1v) is 12.9. The van der Waals surface area contributed by atoms with Gasteiger partial charge in [0.1, 0.15) is 0 Å². The average Bonchev–Trinajstić information content (AvgIpc) is 2.99. The number of carbonyl (C=O) groups is 4. The topological polar surface area (TPSA) is 157 Å². The number of nitrogens with one attached hydrogen (secondary N) is 2. The highest BCUT2D eigenvalue weighted by molar-refractivity contribution is 5.94. The summed E-state index contributed by atoms with van der Waals surface area (Å²) in [5.74, 6) is -0.798. The molecule has 2 heterocycles. The predicted octanol–water partition coefficient (Wildman–Crippen LogP) is 3.61. The van der Waals surface area contributed by atoms with Gasteiger partial charge in [-0.1, -0.05) is 12.1 Å². The monoisotopic (exact) mass is 562 g/mol. The number of rotatable bonds is 14. The molecule has 0 aliphatic rings. The first kappa shape index (κ1) is 32.2. The molecule has 0 atom stereocenters. The molecule has 3 rings (SSSR count). The van der Waals surface area contributed by atoms with E-state index >= 15 is 0 Å². The quantitative estimate of drug-likeness (QED) is 0.116. The molecule has 0 radical (unpaired) electrons. The van der Waals surface area contributed by atoms with Crippen molar-refractivity contribution in [2.75, 3.05) is 20.2 Å². The molecule has 3 aromatic rings. The number of aliphatic carboxylic acids is 1. The van der Waals surface area contributed by atoms with Crippen molar-refractivity contribution in [2.45, 2.75) is 32.1 Å². The van der Waals surface area contributed by atoms with Gasteiger partial charge < -0.3 is 25.2 Å². The number of hydrogen-bond donors (Lipinski definition) is 3. The van der Waals surface area contributed by atoms with Crippen LogP contribution in [-0.4, -0.2) is 59.0 Å². The summed E-state index contributed by atoms with van der Waals surface area (Å²) in [7, 11) is 1.53. The molecule has 11 heteroatoms. The fraction of sp³-hybridized carbons (Fsp3) is 0.267. The molecule has 0 fully saturated rings. The Bertz CT molecular complexity index is 1280. The minimum absolute atomic E-state index is 0.0628. The van der Waals surface area contributed by atoms with E-state index in [1.807, 2.05) is 12.1 Å². The zero-order chi connectivity index (χ0) is 29.9. The highest BCUT2D eigenvalue weighted by Gasteiger charge is 2.11. The van der Waals surface area contributed by atoms with Gasteiger partial charge in [-0.2, -0.15) is 0 Å². The normalized spacial score (nSPS) is 9.88. The molecule has 1 aromatic carbocycles. The molecule has 11 nitrogen and oxygen atoms in total. The van der Waals surface area contributed by atoms with Crippen molar-refractivity contribution < 1.29 is 33.8 Å². The number of carboxylic acid groups (broad SMARTS) is 1. The molecular formula is C30H34N4O7. The van der Waals surface area contributed by atoms with Gasteiger partial charge in [0.2, 0.25) is 0 Å². The molecule has 0 bridgehead atoms. The number of methoxy groups -OCH3 is 1. The van der Waals surface area contributed by atoms with Crippen LogP contribution < -0.4 is 20.1 Å². The van der Waals surface area contributed by atoms with Crippen LogP contribution in [0.1, 0.15) is 52.0 Å². The summed E-state index contributed by atoms with van der Waals surface area (Å²) in [4.78, 5) is 53.1. The summed E-state index contributed by atoms with van der Waals surface area (Å²) in [6, 6.07) is 12.1. The van der Waals surface area contributed by atoms with Gasteiger partial charge in [-0.3, -0.25) is 29.1 Å². The number of benzene rings is 1. The van der Waals surface area contributed by atoms with Gasteiger partial charge in [-0.05, 0) is 61.2 Å². The van der Waals surface area contributed by atoms with Crippen molar-refractivity contribution in [3.63, 3.8) is 0 Å². The maximum Gasteiger partial charge on any atom is 0.311 e. The van der Waals surface area contributed by atoms with Crippen LogP contribution in [0.25, 0.3) is 0 Å². The minimum Gasteiger partial charge on any atom is -0.493 e. The Balaban J connectivity index is 0.000000333. The third-order valence-electron chi connectivity index (χ3n) is 5.38. The van der Waals surface area contributed by atoms with Crippen LogP contribution in [0.15, 0.2) is 79.9 Å². The lowest BCUT2D eigenvalue weighted by Gasteiger charge is -2.10. The number of hydrogen-bond acceptors (Lipinski definition) is 8. The number of carboxylic acids is 1. The van der Waals surface area contributed by atoms with Crippen LogP contribution in [0, 0.1) is 0 Å². The number of esters is 1. The number of allylic oxidation sites excluding steroid dienone is 1. The van der Waals surface area contributed by atoms with Crippen LogP contribution in [-0.2, 0) is 16.0 Å². The Morgan fingerprint density at radius 1 is 0.878 bits per heavy atom. The van der Waals surface area contributed by atoms with E-state index in [0.29, 0.717) is 55.0 Å². The number of nitrogens with zero attached hydrogens (tertiary/aromatic N) is 2. The molecule has 0 aliphatic heterocycles. The lowest BCUT2D eigenvalue weighted by atomic mass is 10.1. The minimum atomic E-state index is -0.856. The Morgan fingerprint density at radius 3 is 1.95 bits per heavy atom. The van der Waals surface area contributed by atoms with Crippen LogP contribution in [0.5, 0.6) is 11.5 Å². The molecule has 41 heavy (non-hydrogen) atoms. The summed E-state index contributed by atoms with van der Waals surface area (Å²) in [6.07, 6.45) is 9.80. The molecule has 0 spiro atoms. The number of ether oxygens (including phenoxy) is 2. The summed E-state index contributed by atoms with van der Waals surface area (Å²) < 4.78 is 10.6. The Hall–Kier alpha value is -5.06. The van der Waals surface area contributed by atoms with Crippen LogP contribution in [0.2, 0.25) is 0 Å². The summed E-state index contributed by atoms with van der Waals surface area (Å²) in [6.45, 7) is 4.43. The Labute approximate surface area is 238 Å². The highest BCUT2D eigenvalue weighted by Crippen LogP contribution is 2.28. The van der Waals surface area contributed by atoms with Crippen LogP contribution in [0.3, 0.4) is 0 Å². The lowest BCUT2D eigenvalue weighted by Crippen LogP contribution is -2.25. The summed E-state index contributed by atoms with van der Waals surface area (Å²) >= 11 is 0. The second-order valence-electron chi connectivity index (χ2n) is 8.55. The summed E-state index contributed by atoms with van der Waals surface area (Å²) in [5, 5.41) is 13.7. The highest BCUT2D eigenvalue weighted by atomic mass is 16.6. The molecule has 2 aromatic heterocycles. The van der Waals surface area contributed by atoms with Crippen LogP contribution in [0.4, 0.5) is 0 Å². The molecule has 3 N–H and O–H groups in total. The number of amides is 2. The van der Waals surface area contributed by atoms with E-state index in [4.69, 9.17) is 14.6 Å². The molecule has 0 saturated heterocycles. The second-order valence-corrected chi connectivity index (χ2v) is 8.55. The van der Waals surface area contributed by atoms with E-state index in [1.54, 1.807) is 48.8 Å². The van der Waals surface area contributed by atoms with Gasteiger partial charge in [0.15, 0.2) is 11.5 Å². The van der Waals surface area contributed by atoms with Crippen molar-refractivity contribution in [1.82, 2.24) is 20.6 Å². The maximum absolute atomic E-state index is 12.0. The van der Waals surface area contributed by atoms with Gasteiger partial charge in [-0.25, -0.2) is 0 Å².